The third-order valence-corrected chi connectivity index (χ3v) is 7.61. The fourth-order valence-electron chi connectivity index (χ4n) is 4.59. The third-order valence-electron chi connectivity index (χ3n) is 6.70. The molecular formula is C31H32N4OS. The first kappa shape index (κ1) is 25.1. The number of nitrogens with one attached hydrogen (secondary N) is 3. The molecule has 1 atom stereocenters. The predicted molar refractivity (Wildman–Crippen MR) is 153 cm³/mol. The van der Waals surface area contributed by atoms with Gasteiger partial charge in [0.25, 0.3) is 0 Å². The van der Waals surface area contributed by atoms with Gasteiger partial charge in [0, 0.05) is 29.2 Å². The van der Waals surface area contributed by atoms with Crippen LogP contribution >= 0.6 is 11.9 Å². The number of carbonyl (C=O) groups excluding carboxylic acids is 1. The molecule has 4 aromatic rings. The highest BCUT2D eigenvalue weighted by molar-refractivity contribution is 7.97. The van der Waals surface area contributed by atoms with Gasteiger partial charge in [-0.15, -0.1) is 0 Å². The van der Waals surface area contributed by atoms with Crippen molar-refractivity contribution in [3.63, 3.8) is 0 Å². The van der Waals surface area contributed by atoms with Crippen molar-refractivity contribution in [3.8, 4) is 0 Å². The highest BCUT2D eigenvalue weighted by atomic mass is 32.2. The van der Waals surface area contributed by atoms with E-state index in [4.69, 9.17) is 0 Å². The average molecular weight is 509 g/mol. The SMILES string of the molecule is CCc1ccc(SNC2CCc3ccc(Nc4ncccc4NC(=O)CCc4ccccc4)cc32)cc1. The van der Waals surface area contributed by atoms with Gasteiger partial charge in [-0.3, -0.25) is 9.52 Å². The van der Waals surface area contributed by atoms with Crippen molar-refractivity contribution in [3.05, 3.63) is 113 Å². The Morgan fingerprint density at radius 1 is 0.973 bits per heavy atom. The Bertz CT molecular complexity index is 1340. The molecule has 0 saturated carbocycles. The van der Waals surface area contributed by atoms with Crippen LogP contribution in [0.1, 0.15) is 48.1 Å². The molecule has 1 aliphatic rings. The first-order valence-corrected chi connectivity index (χ1v) is 13.7. The van der Waals surface area contributed by atoms with E-state index in [9.17, 15) is 4.79 Å². The minimum Gasteiger partial charge on any atom is -0.338 e. The maximum atomic E-state index is 12.6. The third kappa shape index (κ3) is 6.59. The Balaban J connectivity index is 1.23. The van der Waals surface area contributed by atoms with Crippen molar-refractivity contribution in [1.82, 2.24) is 9.71 Å². The number of pyridine rings is 1. The highest BCUT2D eigenvalue weighted by Crippen LogP contribution is 2.36. The molecular weight excluding hydrogens is 476 g/mol. The molecule has 1 amide bonds. The van der Waals surface area contributed by atoms with Crippen LogP contribution in [-0.2, 0) is 24.1 Å². The van der Waals surface area contributed by atoms with E-state index in [1.165, 1.54) is 21.6 Å². The number of rotatable bonds is 10. The Labute approximate surface area is 223 Å². The zero-order valence-corrected chi connectivity index (χ0v) is 21.9. The van der Waals surface area contributed by atoms with Gasteiger partial charge in [0.2, 0.25) is 5.91 Å². The number of hydrogen-bond donors (Lipinski definition) is 3. The molecule has 0 fully saturated rings. The van der Waals surface area contributed by atoms with Gasteiger partial charge < -0.3 is 10.6 Å². The fourth-order valence-corrected chi connectivity index (χ4v) is 5.39. The number of nitrogens with zero attached hydrogens (tertiary/aromatic N) is 1. The predicted octanol–water partition coefficient (Wildman–Crippen LogP) is 7.24. The topological polar surface area (TPSA) is 66.1 Å². The molecule has 0 bridgehead atoms. The summed E-state index contributed by atoms with van der Waals surface area (Å²) in [5.74, 6) is 0.616. The van der Waals surface area contributed by atoms with Gasteiger partial charge in [-0.2, -0.15) is 0 Å². The van der Waals surface area contributed by atoms with Gasteiger partial charge in [0.15, 0.2) is 5.82 Å². The smallest absolute Gasteiger partial charge is 0.224 e. The lowest BCUT2D eigenvalue weighted by Gasteiger charge is -2.16. The van der Waals surface area contributed by atoms with Gasteiger partial charge >= 0.3 is 0 Å². The van der Waals surface area contributed by atoms with Crippen molar-refractivity contribution in [2.24, 2.45) is 0 Å². The first-order chi connectivity index (χ1) is 18.2. The summed E-state index contributed by atoms with van der Waals surface area (Å²) >= 11 is 1.69. The average Bonchev–Trinajstić information content (AvgIpc) is 3.35. The second-order valence-electron chi connectivity index (χ2n) is 9.28. The highest BCUT2D eigenvalue weighted by Gasteiger charge is 2.23. The molecule has 5 rings (SSSR count). The molecule has 1 aliphatic carbocycles. The number of benzene rings is 3. The minimum atomic E-state index is -0.0258. The van der Waals surface area contributed by atoms with Crippen LogP contribution in [0.4, 0.5) is 17.2 Å². The minimum absolute atomic E-state index is 0.0258. The normalized spacial score (nSPS) is 14.2. The van der Waals surface area contributed by atoms with Crippen molar-refractivity contribution in [1.29, 1.82) is 0 Å². The van der Waals surface area contributed by atoms with E-state index >= 15 is 0 Å². The van der Waals surface area contributed by atoms with E-state index in [1.807, 2.05) is 42.5 Å². The van der Waals surface area contributed by atoms with Crippen molar-refractivity contribution < 1.29 is 4.79 Å². The molecule has 3 N–H and O–H groups in total. The number of hydrogen-bond acceptors (Lipinski definition) is 5. The standard InChI is InChI=1S/C31H32N4OS/c1-2-22-10-16-26(17-11-22)37-35-28-18-14-24-13-15-25(21-27(24)28)33-31-29(9-6-20-32-31)34-30(36)19-12-23-7-4-3-5-8-23/h3-11,13,15-17,20-21,28,35H,2,12,14,18-19H2,1H3,(H,32,33)(H,34,36). The number of aromatic nitrogens is 1. The van der Waals surface area contributed by atoms with Crippen LogP contribution in [-0.4, -0.2) is 10.9 Å². The van der Waals surface area contributed by atoms with Crippen LogP contribution < -0.4 is 15.4 Å². The lowest BCUT2D eigenvalue weighted by molar-refractivity contribution is -0.116. The molecule has 37 heavy (non-hydrogen) atoms. The molecule has 0 spiro atoms. The Morgan fingerprint density at radius 3 is 2.62 bits per heavy atom. The van der Waals surface area contributed by atoms with E-state index in [0.717, 1.165) is 30.5 Å². The van der Waals surface area contributed by atoms with Crippen molar-refractivity contribution in [2.75, 3.05) is 10.6 Å². The quantitative estimate of drug-likeness (QED) is 0.197. The molecule has 1 heterocycles. The number of carbonyl (C=O) groups is 1. The molecule has 0 saturated heterocycles. The second kappa shape index (κ2) is 12.1. The van der Waals surface area contributed by atoms with E-state index in [-0.39, 0.29) is 11.9 Å². The second-order valence-corrected chi connectivity index (χ2v) is 10.2. The lowest BCUT2D eigenvalue weighted by Crippen LogP contribution is -2.14. The molecule has 1 unspecified atom stereocenters. The molecule has 1 aromatic heterocycles. The monoisotopic (exact) mass is 508 g/mol. The maximum Gasteiger partial charge on any atom is 0.224 e. The van der Waals surface area contributed by atoms with Gasteiger partial charge in [-0.1, -0.05) is 55.5 Å². The molecule has 6 heteroatoms. The largest absolute Gasteiger partial charge is 0.338 e. The van der Waals surface area contributed by atoms with Crippen molar-refractivity contribution >= 4 is 35.0 Å². The van der Waals surface area contributed by atoms with Crippen LogP contribution in [0.3, 0.4) is 0 Å². The van der Waals surface area contributed by atoms with Gasteiger partial charge in [-0.05, 0) is 96.3 Å². The van der Waals surface area contributed by atoms with E-state index in [0.29, 0.717) is 24.3 Å². The zero-order valence-electron chi connectivity index (χ0n) is 21.0. The Kier molecular flexibility index (Phi) is 8.18. The van der Waals surface area contributed by atoms with Crippen LogP contribution in [0, 0.1) is 0 Å². The number of aryl methyl sites for hydroxylation is 3. The number of fused-ring (bicyclic) bond motifs is 1. The van der Waals surface area contributed by atoms with Gasteiger partial charge in [-0.25, -0.2) is 4.98 Å². The number of amides is 1. The summed E-state index contributed by atoms with van der Waals surface area (Å²) in [6, 6.07) is 29.3. The van der Waals surface area contributed by atoms with Crippen LogP contribution in [0.2, 0.25) is 0 Å². The summed E-state index contributed by atoms with van der Waals surface area (Å²) in [5, 5.41) is 6.46. The fraction of sp³-hybridized carbons (Fsp3) is 0.226. The zero-order chi connectivity index (χ0) is 25.5. The molecule has 188 valence electrons. The lowest BCUT2D eigenvalue weighted by atomic mass is 10.1. The first-order valence-electron chi connectivity index (χ1n) is 12.9. The maximum absolute atomic E-state index is 12.6. The summed E-state index contributed by atoms with van der Waals surface area (Å²) in [6.07, 6.45) is 6.05. The van der Waals surface area contributed by atoms with E-state index in [2.05, 4.69) is 69.7 Å². The molecule has 5 nitrogen and oxygen atoms in total. The Morgan fingerprint density at radius 2 is 1.81 bits per heavy atom. The Hall–Kier alpha value is -3.61. The van der Waals surface area contributed by atoms with E-state index in [1.54, 1.807) is 18.1 Å². The van der Waals surface area contributed by atoms with Crippen LogP contribution in [0.5, 0.6) is 0 Å². The summed E-state index contributed by atoms with van der Waals surface area (Å²) in [5.41, 5.74) is 6.84. The summed E-state index contributed by atoms with van der Waals surface area (Å²) < 4.78 is 3.66. The van der Waals surface area contributed by atoms with Crippen LogP contribution in [0.15, 0.2) is 96.0 Å². The molecule has 3 aromatic carbocycles. The summed E-state index contributed by atoms with van der Waals surface area (Å²) in [6.45, 7) is 2.18. The van der Waals surface area contributed by atoms with Gasteiger partial charge in [0.05, 0.1) is 5.69 Å². The summed E-state index contributed by atoms with van der Waals surface area (Å²) in [4.78, 5) is 18.4. The molecule has 0 aliphatic heterocycles. The number of anilines is 3. The van der Waals surface area contributed by atoms with E-state index < -0.39 is 0 Å². The summed E-state index contributed by atoms with van der Waals surface area (Å²) in [7, 11) is 0. The van der Waals surface area contributed by atoms with Crippen molar-refractivity contribution in [2.45, 2.75) is 50.0 Å². The molecule has 0 radical (unpaired) electrons. The van der Waals surface area contributed by atoms with Gasteiger partial charge in [0.1, 0.15) is 0 Å². The van der Waals surface area contributed by atoms with Crippen LogP contribution in [0.25, 0.3) is 0 Å².